The van der Waals surface area contributed by atoms with Crippen molar-refractivity contribution in [1.29, 1.82) is 0 Å². The van der Waals surface area contributed by atoms with Crippen LogP contribution in [0.2, 0.25) is 0 Å². The van der Waals surface area contributed by atoms with E-state index >= 15 is 0 Å². The van der Waals surface area contributed by atoms with Crippen LogP contribution < -0.4 is 5.73 Å². The number of benzene rings is 1. The number of aromatic nitrogens is 2. The Morgan fingerprint density at radius 2 is 2.00 bits per heavy atom. The fourth-order valence-electron chi connectivity index (χ4n) is 2.59. The Morgan fingerprint density at radius 3 is 2.68 bits per heavy atom. The Kier molecular flexibility index (Phi) is 5.33. The molecule has 1 atom stereocenters. The first-order valence-electron chi connectivity index (χ1n) is 8.00. The lowest BCUT2D eigenvalue weighted by molar-refractivity contribution is 0.102. The summed E-state index contributed by atoms with van der Waals surface area (Å²) in [5.41, 5.74) is 8.68. The van der Waals surface area contributed by atoms with Crippen LogP contribution in [0.4, 0.5) is 0 Å². The Morgan fingerprint density at radius 1 is 1.24 bits per heavy atom. The predicted molar refractivity (Wildman–Crippen MR) is 99.4 cm³/mol. The van der Waals surface area contributed by atoms with Gasteiger partial charge in [0.2, 0.25) is 0 Å². The molecule has 2 aromatic heterocycles. The topological polar surface area (TPSA) is 89.1 Å². The molecule has 128 valence electrons. The van der Waals surface area contributed by atoms with E-state index < -0.39 is 6.10 Å². The third-order valence-corrected chi connectivity index (χ3v) is 5.06. The maximum Gasteiger partial charge on any atom is 0.172 e. The number of rotatable bonds is 6. The molecular formula is C19H19N3O2S. The first-order valence-corrected chi connectivity index (χ1v) is 8.82. The number of hydrogen-bond donors (Lipinski definition) is 2. The lowest BCUT2D eigenvalue weighted by Crippen LogP contribution is -2.06. The average molecular weight is 353 g/mol. The molecule has 25 heavy (non-hydrogen) atoms. The van der Waals surface area contributed by atoms with E-state index in [4.69, 9.17) is 5.73 Å². The molecule has 1 aromatic carbocycles. The van der Waals surface area contributed by atoms with Crippen LogP contribution in [-0.4, -0.2) is 27.4 Å². The minimum absolute atomic E-state index is 0.0271. The minimum Gasteiger partial charge on any atom is -0.388 e. The zero-order valence-electron chi connectivity index (χ0n) is 13.8. The molecule has 0 fully saturated rings. The van der Waals surface area contributed by atoms with Gasteiger partial charge in [-0.15, -0.1) is 11.3 Å². The van der Waals surface area contributed by atoms with E-state index in [1.165, 1.54) is 11.3 Å². The SMILES string of the molecule is CC(=O)c1sc(-c2ccncc2)nc1-c1cccc(C(O)CCN)c1. The highest BCUT2D eigenvalue weighted by Gasteiger charge is 2.18. The number of Topliss-reactive ketones (excluding diaryl/α,β-unsaturated/α-hetero) is 1. The molecule has 0 aliphatic carbocycles. The number of nitrogens with zero attached hydrogens (tertiary/aromatic N) is 2. The van der Waals surface area contributed by atoms with Crippen LogP contribution in [0, 0.1) is 0 Å². The highest BCUT2D eigenvalue weighted by atomic mass is 32.1. The van der Waals surface area contributed by atoms with Crippen LogP contribution >= 0.6 is 11.3 Å². The van der Waals surface area contributed by atoms with Crippen molar-refractivity contribution < 1.29 is 9.90 Å². The molecule has 1 unspecified atom stereocenters. The molecule has 0 bridgehead atoms. The zero-order valence-corrected chi connectivity index (χ0v) is 14.7. The van der Waals surface area contributed by atoms with Crippen molar-refractivity contribution >= 4 is 17.1 Å². The molecule has 0 saturated carbocycles. The van der Waals surface area contributed by atoms with E-state index in [1.54, 1.807) is 19.3 Å². The lowest BCUT2D eigenvalue weighted by atomic mass is 10.0. The van der Waals surface area contributed by atoms with Gasteiger partial charge in [0.15, 0.2) is 5.78 Å². The summed E-state index contributed by atoms with van der Waals surface area (Å²) in [6.45, 7) is 1.95. The fourth-order valence-corrected chi connectivity index (χ4v) is 3.58. The Hall–Kier alpha value is -2.41. The van der Waals surface area contributed by atoms with Gasteiger partial charge in [0.1, 0.15) is 5.01 Å². The summed E-state index contributed by atoms with van der Waals surface area (Å²) in [4.78, 5) is 21.4. The van der Waals surface area contributed by atoms with E-state index in [0.29, 0.717) is 23.5 Å². The molecule has 0 radical (unpaired) electrons. The van der Waals surface area contributed by atoms with Crippen LogP contribution in [-0.2, 0) is 0 Å². The second-order valence-corrected chi connectivity index (χ2v) is 6.71. The highest BCUT2D eigenvalue weighted by molar-refractivity contribution is 7.17. The molecule has 0 aliphatic rings. The summed E-state index contributed by atoms with van der Waals surface area (Å²) in [6, 6.07) is 11.2. The number of aliphatic hydroxyl groups excluding tert-OH is 1. The quantitative estimate of drug-likeness (QED) is 0.663. The van der Waals surface area contributed by atoms with Gasteiger partial charge in [-0.25, -0.2) is 4.98 Å². The summed E-state index contributed by atoms with van der Waals surface area (Å²) in [5.74, 6) is -0.0271. The van der Waals surface area contributed by atoms with Crippen LogP contribution in [0.25, 0.3) is 21.8 Å². The predicted octanol–water partition coefficient (Wildman–Crippen LogP) is 3.46. The number of carbonyl (C=O) groups is 1. The molecule has 3 N–H and O–H groups in total. The molecule has 3 aromatic rings. The van der Waals surface area contributed by atoms with Crippen LogP contribution in [0.3, 0.4) is 0 Å². The number of aliphatic hydroxyl groups is 1. The molecule has 5 nitrogen and oxygen atoms in total. The van der Waals surface area contributed by atoms with Crippen molar-refractivity contribution in [3.05, 3.63) is 59.2 Å². The highest BCUT2D eigenvalue weighted by Crippen LogP contribution is 2.35. The Balaban J connectivity index is 2.06. The van der Waals surface area contributed by atoms with Gasteiger partial charge in [-0.1, -0.05) is 18.2 Å². The molecule has 0 amide bonds. The molecule has 0 aliphatic heterocycles. The van der Waals surface area contributed by atoms with Gasteiger partial charge in [0.05, 0.1) is 16.7 Å². The van der Waals surface area contributed by atoms with Gasteiger partial charge < -0.3 is 10.8 Å². The first kappa shape index (κ1) is 17.4. The minimum atomic E-state index is -0.621. The first-order chi connectivity index (χ1) is 12.1. The number of ketones is 1. The van der Waals surface area contributed by atoms with Crippen molar-refractivity contribution in [3.8, 4) is 21.8 Å². The van der Waals surface area contributed by atoms with Gasteiger partial charge in [-0.05, 0) is 36.7 Å². The third kappa shape index (κ3) is 3.82. The standard InChI is InChI=1S/C19H19N3O2S/c1-12(23)18-17(22-19(25-18)13-6-9-21-10-7-13)15-4-2-3-14(11-15)16(24)5-8-20/h2-4,6-7,9-11,16,24H,5,8,20H2,1H3. The second-order valence-electron chi connectivity index (χ2n) is 5.71. The lowest BCUT2D eigenvalue weighted by Gasteiger charge is -2.11. The van der Waals surface area contributed by atoms with Gasteiger partial charge in [-0.3, -0.25) is 9.78 Å². The summed E-state index contributed by atoms with van der Waals surface area (Å²) >= 11 is 1.37. The Bertz CT molecular complexity index is 877. The monoisotopic (exact) mass is 353 g/mol. The average Bonchev–Trinajstić information content (AvgIpc) is 3.08. The van der Waals surface area contributed by atoms with Crippen molar-refractivity contribution in [3.63, 3.8) is 0 Å². The smallest absolute Gasteiger partial charge is 0.172 e. The van der Waals surface area contributed by atoms with E-state index in [0.717, 1.165) is 21.7 Å². The van der Waals surface area contributed by atoms with E-state index in [2.05, 4.69) is 9.97 Å². The van der Waals surface area contributed by atoms with Crippen molar-refractivity contribution in [1.82, 2.24) is 9.97 Å². The van der Waals surface area contributed by atoms with Gasteiger partial charge in [0, 0.05) is 30.4 Å². The summed E-state index contributed by atoms with van der Waals surface area (Å²) in [5, 5.41) is 11.0. The molecule has 2 heterocycles. The maximum atomic E-state index is 12.1. The fraction of sp³-hybridized carbons (Fsp3) is 0.211. The molecule has 3 rings (SSSR count). The van der Waals surface area contributed by atoms with E-state index in [9.17, 15) is 9.90 Å². The van der Waals surface area contributed by atoms with Crippen molar-refractivity contribution in [2.45, 2.75) is 19.4 Å². The van der Waals surface area contributed by atoms with Crippen molar-refractivity contribution in [2.24, 2.45) is 5.73 Å². The molecular weight excluding hydrogens is 334 g/mol. The largest absolute Gasteiger partial charge is 0.388 e. The van der Waals surface area contributed by atoms with Crippen LogP contribution in [0.15, 0.2) is 48.8 Å². The number of nitrogens with two attached hydrogens (primary N) is 1. The number of carbonyl (C=O) groups excluding carboxylic acids is 1. The zero-order chi connectivity index (χ0) is 17.8. The van der Waals surface area contributed by atoms with E-state index in [-0.39, 0.29) is 5.78 Å². The molecule has 0 saturated heterocycles. The molecule has 0 spiro atoms. The number of hydrogen-bond acceptors (Lipinski definition) is 6. The second kappa shape index (κ2) is 7.65. The van der Waals surface area contributed by atoms with Crippen LogP contribution in [0.1, 0.15) is 34.7 Å². The van der Waals surface area contributed by atoms with Crippen LogP contribution in [0.5, 0.6) is 0 Å². The normalized spacial score (nSPS) is 12.1. The summed E-state index contributed by atoms with van der Waals surface area (Å²) in [6.07, 6.45) is 3.27. The maximum absolute atomic E-state index is 12.1. The Labute approximate surface area is 150 Å². The van der Waals surface area contributed by atoms with Gasteiger partial charge >= 0.3 is 0 Å². The number of thiazole rings is 1. The van der Waals surface area contributed by atoms with Crippen molar-refractivity contribution in [2.75, 3.05) is 6.54 Å². The summed E-state index contributed by atoms with van der Waals surface area (Å²) in [7, 11) is 0. The van der Waals surface area contributed by atoms with Gasteiger partial charge in [0.25, 0.3) is 0 Å². The third-order valence-electron chi connectivity index (χ3n) is 3.86. The summed E-state index contributed by atoms with van der Waals surface area (Å²) < 4.78 is 0. The number of pyridine rings is 1. The molecule has 6 heteroatoms. The van der Waals surface area contributed by atoms with E-state index in [1.807, 2.05) is 36.4 Å². The van der Waals surface area contributed by atoms with Gasteiger partial charge in [-0.2, -0.15) is 0 Å².